The van der Waals surface area contributed by atoms with E-state index in [4.69, 9.17) is 0 Å². The third-order valence-electron chi connectivity index (χ3n) is 2.18. The number of carbonyl (C=O) groups is 1. The van der Waals surface area contributed by atoms with E-state index >= 15 is 0 Å². The van der Waals surface area contributed by atoms with Gasteiger partial charge in [-0.05, 0) is 18.8 Å². The van der Waals surface area contributed by atoms with E-state index in [0.29, 0.717) is 12.3 Å². The zero-order valence-electron chi connectivity index (χ0n) is 9.42. The normalized spacial score (nSPS) is 10.6. The molecule has 0 spiro atoms. The number of rotatable bonds is 6. The summed E-state index contributed by atoms with van der Waals surface area (Å²) in [7, 11) is 0. The Hall–Kier alpha value is -1.32. The van der Waals surface area contributed by atoms with E-state index in [1.165, 1.54) is 0 Å². The van der Waals surface area contributed by atoms with Crippen molar-refractivity contribution in [2.24, 2.45) is 5.92 Å². The van der Waals surface area contributed by atoms with E-state index < -0.39 is 0 Å². The molecule has 1 aromatic heterocycles. The summed E-state index contributed by atoms with van der Waals surface area (Å²) in [5, 5.41) is 2.88. The van der Waals surface area contributed by atoms with Crippen LogP contribution < -0.4 is 5.32 Å². The number of nitrogens with zero attached hydrogens (tertiary/aromatic N) is 1. The fraction of sp³-hybridized carbons (Fsp3) is 0.636. The SMILES string of the molecule is CC(C)CCCNC(=O)Cc1c[nH]cn1. The molecule has 0 aliphatic heterocycles. The van der Waals surface area contributed by atoms with Gasteiger partial charge < -0.3 is 10.3 Å². The molecule has 1 rings (SSSR count). The molecule has 0 saturated heterocycles. The van der Waals surface area contributed by atoms with Crippen molar-refractivity contribution in [2.75, 3.05) is 6.54 Å². The van der Waals surface area contributed by atoms with Crippen molar-refractivity contribution < 1.29 is 4.79 Å². The molecule has 15 heavy (non-hydrogen) atoms. The van der Waals surface area contributed by atoms with Crippen molar-refractivity contribution in [3.05, 3.63) is 18.2 Å². The van der Waals surface area contributed by atoms with E-state index in [0.717, 1.165) is 25.1 Å². The van der Waals surface area contributed by atoms with Gasteiger partial charge in [-0.15, -0.1) is 0 Å². The minimum Gasteiger partial charge on any atom is -0.356 e. The molecule has 0 fully saturated rings. The predicted octanol–water partition coefficient (Wildman–Crippen LogP) is 1.50. The molecule has 0 unspecified atom stereocenters. The number of aromatic nitrogens is 2. The van der Waals surface area contributed by atoms with Crippen LogP contribution in [-0.4, -0.2) is 22.4 Å². The average Bonchev–Trinajstić information content (AvgIpc) is 2.64. The van der Waals surface area contributed by atoms with E-state index in [9.17, 15) is 4.79 Å². The summed E-state index contributed by atoms with van der Waals surface area (Å²) in [5.41, 5.74) is 0.788. The number of amides is 1. The molecule has 0 saturated carbocycles. The molecule has 4 nitrogen and oxygen atoms in total. The van der Waals surface area contributed by atoms with Crippen LogP contribution in [0.4, 0.5) is 0 Å². The van der Waals surface area contributed by atoms with Crippen LogP contribution in [0.15, 0.2) is 12.5 Å². The Morgan fingerprint density at radius 2 is 2.40 bits per heavy atom. The van der Waals surface area contributed by atoms with Crippen LogP contribution in [0.1, 0.15) is 32.4 Å². The van der Waals surface area contributed by atoms with Gasteiger partial charge in [-0.2, -0.15) is 0 Å². The van der Waals surface area contributed by atoms with Crippen molar-refractivity contribution in [3.8, 4) is 0 Å². The third kappa shape index (κ3) is 5.20. The molecule has 0 aliphatic rings. The Labute approximate surface area is 90.5 Å². The second kappa shape index (κ2) is 6.22. The average molecular weight is 209 g/mol. The lowest BCUT2D eigenvalue weighted by Crippen LogP contribution is -2.26. The monoisotopic (exact) mass is 209 g/mol. The third-order valence-corrected chi connectivity index (χ3v) is 2.18. The van der Waals surface area contributed by atoms with E-state index in [1.807, 2.05) is 0 Å². The molecule has 0 atom stereocenters. The Bertz CT molecular complexity index is 280. The first-order chi connectivity index (χ1) is 7.18. The van der Waals surface area contributed by atoms with Gasteiger partial charge in [-0.1, -0.05) is 13.8 Å². The van der Waals surface area contributed by atoms with Gasteiger partial charge in [0, 0.05) is 12.7 Å². The Morgan fingerprint density at radius 3 is 3.00 bits per heavy atom. The van der Waals surface area contributed by atoms with Gasteiger partial charge in [0.15, 0.2) is 0 Å². The predicted molar refractivity (Wildman–Crippen MR) is 59.4 cm³/mol. The maximum atomic E-state index is 11.4. The molecule has 2 N–H and O–H groups in total. The second-order valence-corrected chi connectivity index (χ2v) is 4.12. The highest BCUT2D eigenvalue weighted by atomic mass is 16.1. The van der Waals surface area contributed by atoms with E-state index in [1.54, 1.807) is 12.5 Å². The van der Waals surface area contributed by atoms with Crippen LogP contribution >= 0.6 is 0 Å². The van der Waals surface area contributed by atoms with Gasteiger partial charge >= 0.3 is 0 Å². The number of aromatic amines is 1. The zero-order valence-corrected chi connectivity index (χ0v) is 9.42. The van der Waals surface area contributed by atoms with Crippen LogP contribution in [0.25, 0.3) is 0 Å². The van der Waals surface area contributed by atoms with Crippen LogP contribution in [0.5, 0.6) is 0 Å². The summed E-state index contributed by atoms with van der Waals surface area (Å²) >= 11 is 0. The summed E-state index contributed by atoms with van der Waals surface area (Å²) in [6.07, 6.45) is 5.90. The van der Waals surface area contributed by atoms with Crippen LogP contribution in [0.3, 0.4) is 0 Å². The lowest BCUT2D eigenvalue weighted by Gasteiger charge is -2.05. The molecule has 1 heterocycles. The maximum absolute atomic E-state index is 11.4. The highest BCUT2D eigenvalue weighted by Crippen LogP contribution is 2.01. The quantitative estimate of drug-likeness (QED) is 0.698. The lowest BCUT2D eigenvalue weighted by molar-refractivity contribution is -0.120. The maximum Gasteiger partial charge on any atom is 0.226 e. The largest absolute Gasteiger partial charge is 0.356 e. The highest BCUT2D eigenvalue weighted by molar-refractivity contribution is 5.77. The number of imidazole rings is 1. The van der Waals surface area contributed by atoms with Crippen LogP contribution in [0.2, 0.25) is 0 Å². The molecular weight excluding hydrogens is 190 g/mol. The van der Waals surface area contributed by atoms with Crippen molar-refractivity contribution >= 4 is 5.91 Å². The number of hydrogen-bond donors (Lipinski definition) is 2. The van der Waals surface area contributed by atoms with Gasteiger partial charge in [0.05, 0.1) is 18.4 Å². The second-order valence-electron chi connectivity index (χ2n) is 4.12. The van der Waals surface area contributed by atoms with Crippen LogP contribution in [0, 0.1) is 5.92 Å². The number of hydrogen-bond acceptors (Lipinski definition) is 2. The van der Waals surface area contributed by atoms with Crippen molar-refractivity contribution in [1.29, 1.82) is 0 Å². The van der Waals surface area contributed by atoms with Crippen molar-refractivity contribution in [3.63, 3.8) is 0 Å². The summed E-state index contributed by atoms with van der Waals surface area (Å²) in [4.78, 5) is 18.2. The summed E-state index contributed by atoms with van der Waals surface area (Å²) in [6.45, 7) is 5.14. The van der Waals surface area contributed by atoms with Gasteiger partial charge in [0.25, 0.3) is 0 Å². The first-order valence-electron chi connectivity index (χ1n) is 5.43. The molecule has 0 aliphatic carbocycles. The molecule has 84 valence electrons. The van der Waals surface area contributed by atoms with Crippen molar-refractivity contribution in [1.82, 2.24) is 15.3 Å². The van der Waals surface area contributed by atoms with Crippen LogP contribution in [-0.2, 0) is 11.2 Å². The molecule has 0 radical (unpaired) electrons. The van der Waals surface area contributed by atoms with Crippen molar-refractivity contribution in [2.45, 2.75) is 33.1 Å². The fourth-order valence-electron chi connectivity index (χ4n) is 1.35. The van der Waals surface area contributed by atoms with Gasteiger partial charge in [-0.3, -0.25) is 4.79 Å². The fourth-order valence-corrected chi connectivity index (χ4v) is 1.35. The van der Waals surface area contributed by atoms with Gasteiger partial charge in [0.1, 0.15) is 0 Å². The number of H-pyrrole nitrogens is 1. The lowest BCUT2D eigenvalue weighted by atomic mass is 10.1. The molecule has 4 heteroatoms. The molecule has 0 bridgehead atoms. The van der Waals surface area contributed by atoms with Gasteiger partial charge in [0.2, 0.25) is 5.91 Å². The number of nitrogens with one attached hydrogen (secondary N) is 2. The summed E-state index contributed by atoms with van der Waals surface area (Å²) in [6, 6.07) is 0. The Kier molecular flexibility index (Phi) is 4.87. The zero-order chi connectivity index (χ0) is 11.1. The Balaban J connectivity index is 2.09. The van der Waals surface area contributed by atoms with E-state index in [-0.39, 0.29) is 5.91 Å². The molecule has 0 aromatic carbocycles. The minimum absolute atomic E-state index is 0.0471. The smallest absolute Gasteiger partial charge is 0.226 e. The molecular formula is C11H19N3O. The highest BCUT2D eigenvalue weighted by Gasteiger charge is 2.03. The minimum atomic E-state index is 0.0471. The first kappa shape index (κ1) is 11.8. The molecule has 1 aromatic rings. The topological polar surface area (TPSA) is 57.8 Å². The van der Waals surface area contributed by atoms with E-state index in [2.05, 4.69) is 29.1 Å². The summed E-state index contributed by atoms with van der Waals surface area (Å²) < 4.78 is 0. The first-order valence-corrected chi connectivity index (χ1v) is 5.43. The summed E-state index contributed by atoms with van der Waals surface area (Å²) in [5.74, 6) is 0.749. The van der Waals surface area contributed by atoms with Gasteiger partial charge in [-0.25, -0.2) is 4.98 Å². The number of carbonyl (C=O) groups excluding carboxylic acids is 1. The Morgan fingerprint density at radius 1 is 1.60 bits per heavy atom. The molecule has 1 amide bonds. The standard InChI is InChI=1S/C11H19N3O/c1-9(2)4-3-5-13-11(15)6-10-7-12-8-14-10/h7-9H,3-6H2,1-2H3,(H,12,14)(H,13,15).